The molecule has 0 saturated carbocycles. The van der Waals surface area contributed by atoms with E-state index in [2.05, 4.69) is 5.32 Å². The maximum absolute atomic E-state index is 13.8. The van der Waals surface area contributed by atoms with Crippen molar-refractivity contribution in [1.82, 2.24) is 14.8 Å². The van der Waals surface area contributed by atoms with E-state index in [1.54, 1.807) is 23.3 Å². The fourth-order valence-electron chi connectivity index (χ4n) is 4.68. The highest BCUT2D eigenvalue weighted by Gasteiger charge is 2.47. The second-order valence-electron chi connectivity index (χ2n) is 8.88. The number of aryl methyl sites for hydroxylation is 1. The van der Waals surface area contributed by atoms with Crippen LogP contribution < -0.4 is 10.1 Å². The van der Waals surface area contributed by atoms with Crippen molar-refractivity contribution in [3.8, 4) is 5.75 Å². The predicted octanol–water partition coefficient (Wildman–Crippen LogP) is 4.75. The van der Waals surface area contributed by atoms with Gasteiger partial charge in [-0.15, -0.1) is 11.3 Å². The average molecular weight is 474 g/mol. The lowest BCUT2D eigenvalue weighted by atomic mass is 9.93. The van der Waals surface area contributed by atoms with Gasteiger partial charge in [0.2, 0.25) is 5.91 Å². The van der Waals surface area contributed by atoms with Gasteiger partial charge in [-0.3, -0.25) is 9.59 Å². The summed E-state index contributed by atoms with van der Waals surface area (Å²) in [6.07, 6.45) is 0. The number of amides is 2. The molecule has 174 valence electrons. The lowest BCUT2D eigenvalue weighted by Crippen LogP contribution is -2.63. The smallest absolute Gasteiger partial charge is 0.271 e. The number of rotatable bonds is 6. The lowest BCUT2D eigenvalue weighted by Gasteiger charge is -2.44. The van der Waals surface area contributed by atoms with E-state index < -0.39 is 5.54 Å². The van der Waals surface area contributed by atoms with E-state index >= 15 is 0 Å². The Balaban J connectivity index is 1.52. The number of fused-ring (bicyclic) bond motifs is 3. The summed E-state index contributed by atoms with van der Waals surface area (Å²) in [7, 11) is 1.62. The van der Waals surface area contributed by atoms with Crippen LogP contribution in [-0.2, 0) is 24.4 Å². The Kier molecular flexibility index (Phi) is 5.65. The number of hydrogen-bond donors (Lipinski definition) is 1. The Morgan fingerprint density at radius 3 is 2.62 bits per heavy atom. The van der Waals surface area contributed by atoms with Crippen molar-refractivity contribution in [3.63, 3.8) is 0 Å². The van der Waals surface area contributed by atoms with Crippen LogP contribution in [0, 0.1) is 6.92 Å². The van der Waals surface area contributed by atoms with Gasteiger partial charge in [-0.2, -0.15) is 0 Å². The molecular weight excluding hydrogens is 446 g/mol. The van der Waals surface area contributed by atoms with Crippen LogP contribution in [0.5, 0.6) is 5.75 Å². The number of benzene rings is 2. The van der Waals surface area contributed by atoms with E-state index in [0.29, 0.717) is 25.3 Å². The molecule has 6 nitrogen and oxygen atoms in total. The molecule has 0 bridgehead atoms. The van der Waals surface area contributed by atoms with Crippen molar-refractivity contribution in [1.29, 1.82) is 0 Å². The molecule has 1 N–H and O–H groups in total. The molecule has 0 aliphatic carbocycles. The van der Waals surface area contributed by atoms with E-state index in [4.69, 9.17) is 4.74 Å². The van der Waals surface area contributed by atoms with Crippen molar-refractivity contribution < 1.29 is 14.3 Å². The quantitative estimate of drug-likeness (QED) is 0.440. The number of ether oxygens (including phenoxy) is 1. The second-order valence-corrected chi connectivity index (χ2v) is 9.78. The van der Waals surface area contributed by atoms with Crippen molar-refractivity contribution >= 4 is 33.4 Å². The number of methoxy groups -OCH3 is 1. The minimum absolute atomic E-state index is 0.132. The minimum atomic E-state index is -1.07. The number of hydrogen-bond acceptors (Lipinski definition) is 4. The van der Waals surface area contributed by atoms with Gasteiger partial charge in [0, 0.05) is 24.0 Å². The topological polar surface area (TPSA) is 63.6 Å². The first-order valence-corrected chi connectivity index (χ1v) is 12.1. The van der Waals surface area contributed by atoms with Gasteiger partial charge in [-0.05, 0) is 48.6 Å². The molecular formula is C27H27N3O3S. The number of thiophene rings is 1. The van der Waals surface area contributed by atoms with Gasteiger partial charge >= 0.3 is 0 Å². The SMILES string of the molecule is COc1ccccc1CNC(=O)[C@@]1(C)Cn2c(cc3ccsc32)C(=O)N1Cc1ccccc1C. The van der Waals surface area contributed by atoms with Crippen molar-refractivity contribution in [2.24, 2.45) is 0 Å². The standard InChI is InChI=1S/C27H27N3O3S/c1-18-8-4-5-10-21(18)16-30-24(31)22-14-19-12-13-34-25(19)29(22)17-27(30,2)26(32)28-15-20-9-6-7-11-23(20)33-3/h4-14H,15-17H2,1-3H3,(H,28,32)/t27-/m1/s1. The monoisotopic (exact) mass is 473 g/mol. The van der Waals surface area contributed by atoms with Gasteiger partial charge in [-0.25, -0.2) is 0 Å². The Labute approximate surface area is 202 Å². The van der Waals surface area contributed by atoms with Crippen LogP contribution in [0.4, 0.5) is 0 Å². The van der Waals surface area contributed by atoms with Gasteiger partial charge in [0.25, 0.3) is 5.91 Å². The molecule has 2 aromatic carbocycles. The van der Waals surface area contributed by atoms with Crippen LogP contribution in [0.3, 0.4) is 0 Å². The molecule has 0 unspecified atom stereocenters. The molecule has 34 heavy (non-hydrogen) atoms. The Hall–Kier alpha value is -3.58. The molecule has 1 aliphatic heterocycles. The summed E-state index contributed by atoms with van der Waals surface area (Å²) >= 11 is 1.59. The highest BCUT2D eigenvalue weighted by atomic mass is 32.1. The maximum atomic E-state index is 13.8. The molecule has 0 saturated heterocycles. The summed E-state index contributed by atoms with van der Waals surface area (Å²) in [5, 5.41) is 6.12. The number of nitrogens with one attached hydrogen (secondary N) is 1. The van der Waals surface area contributed by atoms with E-state index in [0.717, 1.165) is 32.7 Å². The zero-order valence-corrected chi connectivity index (χ0v) is 20.3. The van der Waals surface area contributed by atoms with Gasteiger partial charge < -0.3 is 19.5 Å². The normalized spacial score (nSPS) is 17.6. The third-order valence-electron chi connectivity index (χ3n) is 6.74. The number of aromatic nitrogens is 1. The van der Waals surface area contributed by atoms with Crippen molar-refractivity contribution in [2.75, 3.05) is 7.11 Å². The summed E-state index contributed by atoms with van der Waals surface area (Å²) < 4.78 is 7.43. The highest BCUT2D eigenvalue weighted by Crippen LogP contribution is 2.35. The summed E-state index contributed by atoms with van der Waals surface area (Å²) in [6, 6.07) is 19.6. The minimum Gasteiger partial charge on any atom is -0.496 e. The molecule has 2 amide bonds. The second kappa shape index (κ2) is 8.65. The molecule has 1 aliphatic rings. The summed E-state index contributed by atoms with van der Waals surface area (Å²) in [5.74, 6) is 0.398. The van der Waals surface area contributed by atoms with Crippen LogP contribution in [0.15, 0.2) is 66.0 Å². The summed E-state index contributed by atoms with van der Waals surface area (Å²) in [4.78, 5) is 30.3. The Bertz CT molecular complexity index is 1390. The predicted molar refractivity (Wildman–Crippen MR) is 134 cm³/mol. The number of nitrogens with zero attached hydrogens (tertiary/aromatic N) is 2. The molecule has 0 radical (unpaired) electrons. The van der Waals surface area contributed by atoms with Crippen LogP contribution in [0.25, 0.3) is 10.2 Å². The van der Waals surface area contributed by atoms with Gasteiger partial charge in [-0.1, -0.05) is 42.5 Å². The fraction of sp³-hybridized carbons (Fsp3) is 0.259. The zero-order valence-electron chi connectivity index (χ0n) is 19.5. The molecule has 1 atom stereocenters. The van der Waals surface area contributed by atoms with Crippen LogP contribution in [-0.4, -0.2) is 33.9 Å². The first kappa shape index (κ1) is 22.2. The van der Waals surface area contributed by atoms with E-state index in [-0.39, 0.29) is 11.8 Å². The van der Waals surface area contributed by atoms with Gasteiger partial charge in [0.15, 0.2) is 0 Å². The number of carbonyl (C=O) groups is 2. The Morgan fingerprint density at radius 1 is 1.12 bits per heavy atom. The van der Waals surface area contributed by atoms with Gasteiger partial charge in [0.1, 0.15) is 21.8 Å². The van der Waals surface area contributed by atoms with E-state index in [1.807, 2.05) is 84.5 Å². The fourth-order valence-corrected chi connectivity index (χ4v) is 5.57. The van der Waals surface area contributed by atoms with Crippen LogP contribution in [0.1, 0.15) is 34.1 Å². The van der Waals surface area contributed by atoms with E-state index in [9.17, 15) is 9.59 Å². The summed E-state index contributed by atoms with van der Waals surface area (Å²) in [5.41, 5.74) is 2.57. The number of para-hydroxylation sites is 1. The average Bonchev–Trinajstić information content (AvgIpc) is 3.44. The molecule has 4 aromatic rings. The third-order valence-corrected chi connectivity index (χ3v) is 7.69. The third kappa shape index (κ3) is 3.66. The lowest BCUT2D eigenvalue weighted by molar-refractivity contribution is -0.133. The van der Waals surface area contributed by atoms with Crippen molar-refractivity contribution in [3.05, 3.63) is 88.4 Å². The summed E-state index contributed by atoms with van der Waals surface area (Å²) in [6.45, 7) is 4.97. The molecule has 0 spiro atoms. The molecule has 7 heteroatoms. The molecule has 2 aromatic heterocycles. The van der Waals surface area contributed by atoms with Crippen molar-refractivity contribution in [2.45, 2.75) is 39.0 Å². The Morgan fingerprint density at radius 2 is 1.85 bits per heavy atom. The van der Waals surface area contributed by atoms with Crippen LogP contribution >= 0.6 is 11.3 Å². The highest BCUT2D eigenvalue weighted by molar-refractivity contribution is 7.16. The molecule has 5 rings (SSSR count). The van der Waals surface area contributed by atoms with Crippen LogP contribution in [0.2, 0.25) is 0 Å². The first-order chi connectivity index (χ1) is 16.4. The maximum Gasteiger partial charge on any atom is 0.271 e. The van der Waals surface area contributed by atoms with E-state index in [1.165, 1.54) is 0 Å². The first-order valence-electron chi connectivity index (χ1n) is 11.3. The zero-order chi connectivity index (χ0) is 23.9. The number of carbonyl (C=O) groups excluding carboxylic acids is 2. The molecule has 0 fully saturated rings. The molecule has 3 heterocycles. The largest absolute Gasteiger partial charge is 0.496 e. The van der Waals surface area contributed by atoms with Gasteiger partial charge in [0.05, 0.1) is 13.7 Å².